The van der Waals surface area contributed by atoms with Gasteiger partial charge in [0, 0.05) is 17.4 Å². The minimum Gasteiger partial charge on any atom is -0.332 e. The van der Waals surface area contributed by atoms with Gasteiger partial charge in [0.2, 0.25) is 0 Å². The molecule has 118 valence electrons. The summed E-state index contributed by atoms with van der Waals surface area (Å²) in [4.78, 5) is 21.9. The Morgan fingerprint density at radius 3 is 2.45 bits per heavy atom. The maximum atomic E-state index is 11.1. The standard InChI is InChI=1S/C11H18N2O2S.2C2H6/c1-7(14)4-2-3-5-9-10-8(6-16-9)12-11(15)13-10;2*1-2/h8-10H,2-6H2,1H3,(H2,12,13,15);2*1-2H3/t8-,9-,10-;;/m0../s1. The van der Waals surface area contributed by atoms with Crippen LogP contribution >= 0.6 is 11.8 Å². The number of unbranched alkanes of at least 4 members (excludes halogenated alkanes) is 1. The Morgan fingerprint density at radius 2 is 1.85 bits per heavy atom. The van der Waals surface area contributed by atoms with E-state index in [1.807, 2.05) is 39.5 Å². The third kappa shape index (κ3) is 6.16. The number of carbonyl (C=O) groups is 2. The highest BCUT2D eigenvalue weighted by molar-refractivity contribution is 8.00. The van der Waals surface area contributed by atoms with Gasteiger partial charge in [-0.1, -0.05) is 34.1 Å². The van der Waals surface area contributed by atoms with Crippen molar-refractivity contribution in [2.45, 2.75) is 77.6 Å². The van der Waals surface area contributed by atoms with Gasteiger partial charge in [0.1, 0.15) is 5.78 Å². The van der Waals surface area contributed by atoms with Crippen LogP contribution in [-0.4, -0.2) is 34.9 Å². The topological polar surface area (TPSA) is 58.2 Å². The number of carbonyl (C=O) groups excluding carboxylic acids is 2. The number of hydrogen-bond acceptors (Lipinski definition) is 3. The molecule has 0 aromatic carbocycles. The predicted molar refractivity (Wildman–Crippen MR) is 87.3 cm³/mol. The van der Waals surface area contributed by atoms with E-state index in [0.29, 0.717) is 23.8 Å². The molecule has 20 heavy (non-hydrogen) atoms. The monoisotopic (exact) mass is 302 g/mol. The van der Waals surface area contributed by atoms with E-state index >= 15 is 0 Å². The van der Waals surface area contributed by atoms with Gasteiger partial charge >= 0.3 is 6.03 Å². The number of urea groups is 1. The second-order valence-corrected chi connectivity index (χ2v) is 5.84. The van der Waals surface area contributed by atoms with E-state index in [-0.39, 0.29) is 11.8 Å². The largest absolute Gasteiger partial charge is 0.332 e. The number of amides is 2. The molecular formula is C15H30N2O2S. The molecular weight excluding hydrogens is 272 g/mol. The SMILES string of the molecule is CC.CC.CC(=O)CCCC[C@@H]1SC[C@@H]2NC(=O)N[C@@H]21. The van der Waals surface area contributed by atoms with E-state index in [1.165, 1.54) is 0 Å². The summed E-state index contributed by atoms with van der Waals surface area (Å²) < 4.78 is 0. The highest BCUT2D eigenvalue weighted by Crippen LogP contribution is 2.33. The second kappa shape index (κ2) is 11.0. The average molecular weight is 302 g/mol. The summed E-state index contributed by atoms with van der Waals surface area (Å²) in [5.74, 6) is 1.29. The Morgan fingerprint density at radius 1 is 1.20 bits per heavy atom. The molecule has 2 amide bonds. The van der Waals surface area contributed by atoms with Crippen LogP contribution in [0, 0.1) is 0 Å². The molecule has 0 aliphatic carbocycles. The van der Waals surface area contributed by atoms with E-state index in [0.717, 1.165) is 25.0 Å². The van der Waals surface area contributed by atoms with Gasteiger partial charge in [-0.15, -0.1) is 0 Å². The molecule has 2 heterocycles. The number of rotatable bonds is 5. The first kappa shape index (κ1) is 19.3. The summed E-state index contributed by atoms with van der Waals surface area (Å²) in [5, 5.41) is 6.43. The van der Waals surface area contributed by atoms with Gasteiger partial charge < -0.3 is 15.4 Å². The van der Waals surface area contributed by atoms with Crippen molar-refractivity contribution in [2.75, 3.05) is 5.75 Å². The molecule has 5 heteroatoms. The zero-order valence-electron chi connectivity index (χ0n) is 13.5. The van der Waals surface area contributed by atoms with Crippen LogP contribution < -0.4 is 10.6 Å². The van der Waals surface area contributed by atoms with Crippen LogP contribution in [-0.2, 0) is 4.79 Å². The van der Waals surface area contributed by atoms with Gasteiger partial charge in [0.25, 0.3) is 0 Å². The highest BCUT2D eigenvalue weighted by atomic mass is 32.2. The lowest BCUT2D eigenvalue weighted by Gasteiger charge is -2.16. The molecule has 0 radical (unpaired) electrons. The van der Waals surface area contributed by atoms with Crippen LogP contribution in [0.2, 0.25) is 0 Å². The summed E-state index contributed by atoms with van der Waals surface area (Å²) >= 11 is 1.93. The molecule has 2 rings (SSSR count). The molecule has 2 saturated heterocycles. The Kier molecular flexibility index (Phi) is 10.6. The molecule has 0 aromatic heterocycles. The van der Waals surface area contributed by atoms with Crippen molar-refractivity contribution in [2.24, 2.45) is 0 Å². The lowest BCUT2D eigenvalue weighted by atomic mass is 10.0. The highest BCUT2D eigenvalue weighted by Gasteiger charge is 2.42. The third-order valence-electron chi connectivity index (χ3n) is 3.21. The van der Waals surface area contributed by atoms with E-state index in [9.17, 15) is 9.59 Å². The smallest absolute Gasteiger partial charge is 0.315 e. The average Bonchev–Trinajstić information content (AvgIpc) is 2.99. The van der Waals surface area contributed by atoms with Crippen molar-refractivity contribution in [1.29, 1.82) is 0 Å². The predicted octanol–water partition coefficient (Wildman–Crippen LogP) is 3.35. The van der Waals surface area contributed by atoms with Crippen molar-refractivity contribution in [3.63, 3.8) is 0 Å². The van der Waals surface area contributed by atoms with Crippen molar-refractivity contribution in [3.8, 4) is 0 Å². The molecule has 0 aromatic rings. The van der Waals surface area contributed by atoms with Gasteiger partial charge in [-0.05, 0) is 19.8 Å². The molecule has 4 nitrogen and oxygen atoms in total. The zero-order chi connectivity index (χ0) is 15.5. The molecule has 0 unspecified atom stereocenters. The summed E-state index contributed by atoms with van der Waals surface area (Å²) in [6.07, 6.45) is 3.85. The van der Waals surface area contributed by atoms with Gasteiger partial charge in [0.15, 0.2) is 0 Å². The van der Waals surface area contributed by atoms with Crippen LogP contribution in [0.3, 0.4) is 0 Å². The molecule has 0 spiro atoms. The summed E-state index contributed by atoms with van der Waals surface area (Å²) in [6.45, 7) is 9.64. The molecule has 2 fully saturated rings. The van der Waals surface area contributed by atoms with Crippen molar-refractivity contribution in [3.05, 3.63) is 0 Å². The van der Waals surface area contributed by atoms with Gasteiger partial charge in [-0.2, -0.15) is 11.8 Å². The van der Waals surface area contributed by atoms with Gasteiger partial charge in [-0.3, -0.25) is 0 Å². The lowest BCUT2D eigenvalue weighted by Crippen LogP contribution is -2.36. The van der Waals surface area contributed by atoms with Crippen LogP contribution in [0.25, 0.3) is 0 Å². The number of hydrogen-bond donors (Lipinski definition) is 2. The van der Waals surface area contributed by atoms with E-state index in [4.69, 9.17) is 0 Å². The Balaban J connectivity index is 0.000000829. The third-order valence-corrected chi connectivity index (χ3v) is 4.71. The first-order valence-electron chi connectivity index (χ1n) is 7.85. The normalized spacial score (nSPS) is 26.2. The Hall–Kier alpha value is -0.710. The molecule has 0 saturated carbocycles. The maximum absolute atomic E-state index is 11.1. The molecule has 2 aliphatic heterocycles. The number of ketones is 1. The fourth-order valence-electron chi connectivity index (χ4n) is 2.36. The van der Waals surface area contributed by atoms with Crippen LogP contribution in [0.15, 0.2) is 0 Å². The zero-order valence-corrected chi connectivity index (χ0v) is 14.3. The minimum absolute atomic E-state index is 0.0240. The quantitative estimate of drug-likeness (QED) is 0.605. The number of Topliss-reactive ketones (excluding diaryl/α,β-unsaturated/α-hetero) is 1. The number of fused-ring (bicyclic) bond motifs is 1. The Bertz CT molecular complexity index is 298. The van der Waals surface area contributed by atoms with Crippen LogP contribution in [0.1, 0.15) is 60.3 Å². The summed E-state index contributed by atoms with van der Waals surface area (Å²) in [6, 6.07) is 0.592. The summed E-state index contributed by atoms with van der Waals surface area (Å²) in [7, 11) is 0. The van der Waals surface area contributed by atoms with Crippen LogP contribution in [0.4, 0.5) is 4.79 Å². The maximum Gasteiger partial charge on any atom is 0.315 e. The fourth-order valence-corrected chi connectivity index (χ4v) is 3.91. The fraction of sp³-hybridized carbons (Fsp3) is 0.867. The van der Waals surface area contributed by atoms with Gasteiger partial charge in [0.05, 0.1) is 12.1 Å². The van der Waals surface area contributed by atoms with Gasteiger partial charge in [-0.25, -0.2) is 4.79 Å². The van der Waals surface area contributed by atoms with Crippen molar-refractivity contribution in [1.82, 2.24) is 10.6 Å². The van der Waals surface area contributed by atoms with E-state index < -0.39 is 0 Å². The van der Waals surface area contributed by atoms with E-state index in [1.54, 1.807) is 6.92 Å². The Labute approximate surface area is 127 Å². The van der Waals surface area contributed by atoms with Crippen LogP contribution in [0.5, 0.6) is 0 Å². The molecule has 2 aliphatic rings. The van der Waals surface area contributed by atoms with Crippen molar-refractivity contribution < 1.29 is 9.59 Å². The van der Waals surface area contributed by atoms with E-state index in [2.05, 4.69) is 10.6 Å². The number of nitrogens with one attached hydrogen (secondary N) is 2. The van der Waals surface area contributed by atoms with Crippen molar-refractivity contribution >= 4 is 23.6 Å². The number of thioether (sulfide) groups is 1. The first-order chi connectivity index (χ1) is 9.66. The lowest BCUT2D eigenvalue weighted by molar-refractivity contribution is -0.117. The summed E-state index contributed by atoms with van der Waals surface area (Å²) in [5.41, 5.74) is 0. The second-order valence-electron chi connectivity index (χ2n) is 4.57. The first-order valence-corrected chi connectivity index (χ1v) is 8.90. The molecule has 0 bridgehead atoms. The molecule has 2 N–H and O–H groups in total. The molecule has 3 atom stereocenters. The minimum atomic E-state index is -0.0240.